The van der Waals surface area contributed by atoms with Crippen LogP contribution in [0, 0.1) is 5.82 Å². The molecule has 0 fully saturated rings. The van der Waals surface area contributed by atoms with Crippen molar-refractivity contribution >= 4 is 11.9 Å². The number of hydrogen-bond acceptors (Lipinski definition) is 4. The molecular weight excluding hydrogens is 229 g/mol. The van der Waals surface area contributed by atoms with Gasteiger partial charge in [0.2, 0.25) is 0 Å². The van der Waals surface area contributed by atoms with Crippen molar-refractivity contribution in [1.29, 1.82) is 0 Å². The maximum Gasteiger partial charge on any atom is 0.318 e. The van der Waals surface area contributed by atoms with Gasteiger partial charge in [0.25, 0.3) is 5.91 Å². The Balaban J connectivity index is 2.63. The summed E-state index contributed by atoms with van der Waals surface area (Å²) in [5.74, 6) is -0.849. The number of primary amides is 1. The number of imide groups is 1. The van der Waals surface area contributed by atoms with Gasteiger partial charge in [0, 0.05) is 12.1 Å². The average molecular weight is 241 g/mol. The highest BCUT2D eigenvalue weighted by Gasteiger charge is 2.08. The highest BCUT2D eigenvalue weighted by Crippen LogP contribution is 2.18. The fourth-order valence-corrected chi connectivity index (χ4v) is 1.17. The molecule has 0 unspecified atom stereocenters. The van der Waals surface area contributed by atoms with Crippen LogP contribution in [-0.4, -0.2) is 18.5 Å². The molecule has 6 nitrogen and oxygen atoms in total. The largest absolute Gasteiger partial charge is 0.483 e. The second-order valence-electron chi connectivity index (χ2n) is 3.16. The highest BCUT2D eigenvalue weighted by molar-refractivity contribution is 5.94. The molecule has 0 aliphatic heterocycles. The molecular formula is C10H12FN3O3. The summed E-state index contributed by atoms with van der Waals surface area (Å²) >= 11 is 0. The van der Waals surface area contributed by atoms with E-state index in [2.05, 4.69) is 0 Å². The SMILES string of the molecule is NCc1cc(F)ccc1OCC(=O)NC(N)=O. The van der Waals surface area contributed by atoms with Gasteiger partial charge in [-0.3, -0.25) is 10.1 Å². The number of hydrogen-bond donors (Lipinski definition) is 3. The van der Waals surface area contributed by atoms with Gasteiger partial charge in [-0.05, 0) is 18.2 Å². The molecule has 0 aliphatic rings. The molecule has 0 spiro atoms. The number of urea groups is 1. The van der Waals surface area contributed by atoms with Gasteiger partial charge >= 0.3 is 6.03 Å². The predicted octanol–water partition coefficient (Wildman–Crippen LogP) is -0.142. The summed E-state index contributed by atoms with van der Waals surface area (Å²) in [5.41, 5.74) is 10.6. The predicted molar refractivity (Wildman–Crippen MR) is 57.5 cm³/mol. The van der Waals surface area contributed by atoms with Gasteiger partial charge < -0.3 is 16.2 Å². The van der Waals surface area contributed by atoms with Gasteiger partial charge in [-0.15, -0.1) is 0 Å². The summed E-state index contributed by atoms with van der Waals surface area (Å²) in [5, 5.41) is 1.83. The first kappa shape index (κ1) is 12.9. The fourth-order valence-electron chi connectivity index (χ4n) is 1.17. The van der Waals surface area contributed by atoms with E-state index in [0.717, 1.165) is 0 Å². The Morgan fingerprint density at radius 3 is 2.71 bits per heavy atom. The third-order valence-electron chi connectivity index (χ3n) is 1.86. The quantitative estimate of drug-likeness (QED) is 0.681. The van der Waals surface area contributed by atoms with Crippen molar-refractivity contribution < 1.29 is 18.7 Å². The van der Waals surface area contributed by atoms with Gasteiger partial charge in [-0.25, -0.2) is 9.18 Å². The topological polar surface area (TPSA) is 107 Å². The van der Waals surface area contributed by atoms with Crippen molar-refractivity contribution in [2.75, 3.05) is 6.61 Å². The summed E-state index contributed by atoms with van der Waals surface area (Å²) in [6.07, 6.45) is 0. The number of halogens is 1. The Labute approximate surface area is 96.7 Å². The lowest BCUT2D eigenvalue weighted by molar-refractivity contribution is -0.121. The third kappa shape index (κ3) is 4.07. The lowest BCUT2D eigenvalue weighted by atomic mass is 10.2. The number of nitrogens with two attached hydrogens (primary N) is 2. The molecule has 5 N–H and O–H groups in total. The van der Waals surface area contributed by atoms with E-state index in [1.807, 2.05) is 5.32 Å². The molecule has 1 rings (SSSR count). The number of rotatable bonds is 4. The van der Waals surface area contributed by atoms with Crippen molar-refractivity contribution in [3.63, 3.8) is 0 Å². The molecule has 0 bridgehead atoms. The molecule has 0 heterocycles. The van der Waals surface area contributed by atoms with Gasteiger partial charge in [0.05, 0.1) is 0 Å². The standard InChI is InChI=1S/C10H12FN3O3/c11-7-1-2-8(6(3-7)4-12)17-5-9(15)14-10(13)16/h1-3H,4-5,12H2,(H3,13,14,15,16). The number of amides is 3. The average Bonchev–Trinajstić information content (AvgIpc) is 2.26. The van der Waals surface area contributed by atoms with Crippen molar-refractivity contribution in [3.05, 3.63) is 29.6 Å². The van der Waals surface area contributed by atoms with Crippen LogP contribution in [0.4, 0.5) is 9.18 Å². The fraction of sp³-hybridized carbons (Fsp3) is 0.200. The van der Waals surface area contributed by atoms with E-state index in [-0.39, 0.29) is 12.3 Å². The van der Waals surface area contributed by atoms with Crippen LogP contribution in [0.3, 0.4) is 0 Å². The monoisotopic (exact) mass is 241 g/mol. The van der Waals surface area contributed by atoms with E-state index in [0.29, 0.717) is 5.56 Å². The molecule has 92 valence electrons. The smallest absolute Gasteiger partial charge is 0.318 e. The van der Waals surface area contributed by atoms with Crippen molar-refractivity contribution in [3.8, 4) is 5.75 Å². The van der Waals surface area contributed by atoms with Gasteiger partial charge in [-0.1, -0.05) is 0 Å². The van der Waals surface area contributed by atoms with Crippen LogP contribution < -0.4 is 21.5 Å². The van der Waals surface area contributed by atoms with E-state index in [4.69, 9.17) is 16.2 Å². The van der Waals surface area contributed by atoms with Crippen molar-refractivity contribution in [1.82, 2.24) is 5.32 Å². The maximum absolute atomic E-state index is 12.9. The molecule has 0 saturated carbocycles. The van der Waals surface area contributed by atoms with E-state index in [1.165, 1.54) is 18.2 Å². The van der Waals surface area contributed by atoms with E-state index in [1.54, 1.807) is 0 Å². The first-order valence-electron chi connectivity index (χ1n) is 4.73. The Morgan fingerprint density at radius 1 is 1.41 bits per heavy atom. The molecule has 1 aromatic carbocycles. The normalized spacial score (nSPS) is 9.76. The lowest BCUT2D eigenvalue weighted by Gasteiger charge is -2.09. The van der Waals surface area contributed by atoms with Gasteiger partial charge in [-0.2, -0.15) is 0 Å². The van der Waals surface area contributed by atoms with E-state index >= 15 is 0 Å². The van der Waals surface area contributed by atoms with Crippen LogP contribution in [0.2, 0.25) is 0 Å². The summed E-state index contributed by atoms with van der Waals surface area (Å²) in [6, 6.07) is 2.79. The van der Waals surface area contributed by atoms with Gasteiger partial charge in [0.15, 0.2) is 6.61 Å². The molecule has 7 heteroatoms. The molecule has 0 saturated heterocycles. The van der Waals surface area contributed by atoms with Crippen molar-refractivity contribution in [2.24, 2.45) is 11.5 Å². The number of carbonyl (C=O) groups is 2. The first-order valence-corrected chi connectivity index (χ1v) is 4.73. The number of benzene rings is 1. The van der Waals surface area contributed by atoms with Crippen LogP contribution in [0.1, 0.15) is 5.56 Å². The summed E-state index contributed by atoms with van der Waals surface area (Å²) in [7, 11) is 0. The molecule has 0 aromatic heterocycles. The second-order valence-corrected chi connectivity index (χ2v) is 3.16. The summed E-state index contributed by atoms with van der Waals surface area (Å²) in [6.45, 7) is -0.327. The molecule has 0 aliphatic carbocycles. The molecule has 0 atom stereocenters. The van der Waals surface area contributed by atoms with Crippen LogP contribution in [0.5, 0.6) is 5.75 Å². The van der Waals surface area contributed by atoms with Crippen LogP contribution >= 0.6 is 0 Å². The summed E-state index contributed by atoms with van der Waals surface area (Å²) in [4.78, 5) is 21.4. The zero-order chi connectivity index (χ0) is 12.8. The zero-order valence-electron chi connectivity index (χ0n) is 8.90. The van der Waals surface area contributed by atoms with Crippen LogP contribution in [0.15, 0.2) is 18.2 Å². The second kappa shape index (κ2) is 5.80. The van der Waals surface area contributed by atoms with Crippen LogP contribution in [0.25, 0.3) is 0 Å². The minimum Gasteiger partial charge on any atom is -0.483 e. The number of ether oxygens (including phenoxy) is 1. The maximum atomic E-state index is 12.9. The van der Waals surface area contributed by atoms with Crippen LogP contribution in [-0.2, 0) is 11.3 Å². The number of nitrogens with one attached hydrogen (secondary N) is 1. The van der Waals surface area contributed by atoms with Crippen molar-refractivity contribution in [2.45, 2.75) is 6.54 Å². The molecule has 1 aromatic rings. The Kier molecular flexibility index (Phi) is 4.41. The molecule has 3 amide bonds. The zero-order valence-corrected chi connectivity index (χ0v) is 8.90. The first-order chi connectivity index (χ1) is 8.02. The minimum absolute atomic E-state index is 0.0739. The minimum atomic E-state index is -0.961. The Bertz CT molecular complexity index is 437. The summed E-state index contributed by atoms with van der Waals surface area (Å²) < 4.78 is 17.9. The Morgan fingerprint density at radius 2 is 2.12 bits per heavy atom. The Hall–Kier alpha value is -2.15. The molecule has 17 heavy (non-hydrogen) atoms. The third-order valence-corrected chi connectivity index (χ3v) is 1.86. The van der Waals surface area contributed by atoms with E-state index < -0.39 is 24.4 Å². The van der Waals surface area contributed by atoms with E-state index in [9.17, 15) is 14.0 Å². The molecule has 0 radical (unpaired) electrons. The van der Waals surface area contributed by atoms with Gasteiger partial charge in [0.1, 0.15) is 11.6 Å². The lowest BCUT2D eigenvalue weighted by Crippen LogP contribution is -2.38. The highest BCUT2D eigenvalue weighted by atomic mass is 19.1. The number of carbonyl (C=O) groups excluding carboxylic acids is 2.